The first-order chi connectivity index (χ1) is 10.3. The molecule has 4 rings (SSSR count). The Morgan fingerprint density at radius 3 is 2.67 bits per heavy atom. The van der Waals surface area contributed by atoms with Crippen LogP contribution in [0.2, 0.25) is 0 Å². The van der Waals surface area contributed by atoms with Crippen molar-refractivity contribution in [2.24, 2.45) is 0 Å². The van der Waals surface area contributed by atoms with Crippen molar-refractivity contribution in [1.29, 1.82) is 0 Å². The molecule has 2 heterocycles. The number of hydrogen-bond acceptors (Lipinski definition) is 2. The Balaban J connectivity index is 1.67. The van der Waals surface area contributed by atoms with E-state index in [1.165, 1.54) is 11.1 Å². The summed E-state index contributed by atoms with van der Waals surface area (Å²) < 4.78 is 5.48. The fourth-order valence-electron chi connectivity index (χ4n) is 2.98. The third-order valence-electron chi connectivity index (χ3n) is 4.13. The summed E-state index contributed by atoms with van der Waals surface area (Å²) in [5.41, 5.74) is 4.01. The van der Waals surface area contributed by atoms with Crippen LogP contribution in [0.3, 0.4) is 0 Å². The first-order valence-electron chi connectivity index (χ1n) is 7.15. The second kappa shape index (κ2) is 4.77. The van der Waals surface area contributed by atoms with Gasteiger partial charge < -0.3 is 9.32 Å². The molecule has 2 aromatic carbocycles. The van der Waals surface area contributed by atoms with Gasteiger partial charge in [0.25, 0.3) is 5.91 Å². The van der Waals surface area contributed by atoms with Crippen LogP contribution in [0.5, 0.6) is 0 Å². The third kappa shape index (κ3) is 2.02. The van der Waals surface area contributed by atoms with Gasteiger partial charge in [0.05, 0.1) is 5.56 Å². The maximum Gasteiger partial charge on any atom is 0.258 e. The maximum atomic E-state index is 12.8. The largest absolute Gasteiger partial charge is 0.463 e. The zero-order valence-corrected chi connectivity index (χ0v) is 11.6. The van der Waals surface area contributed by atoms with E-state index in [-0.39, 0.29) is 5.91 Å². The molecule has 1 aromatic heterocycles. The van der Waals surface area contributed by atoms with Crippen LogP contribution < -0.4 is 0 Å². The molecule has 21 heavy (non-hydrogen) atoms. The molecule has 0 spiro atoms. The van der Waals surface area contributed by atoms with Crippen molar-refractivity contribution in [2.75, 3.05) is 6.54 Å². The van der Waals surface area contributed by atoms with Gasteiger partial charge in [-0.2, -0.15) is 0 Å². The number of rotatable bonds is 1. The molecule has 0 atom stereocenters. The van der Waals surface area contributed by atoms with Crippen LogP contribution in [0.25, 0.3) is 11.0 Å². The summed E-state index contributed by atoms with van der Waals surface area (Å²) in [6, 6.07) is 16.0. The quantitative estimate of drug-likeness (QED) is 0.680. The Labute approximate surface area is 122 Å². The summed E-state index contributed by atoms with van der Waals surface area (Å²) in [5, 5.41) is 0.890. The van der Waals surface area contributed by atoms with Gasteiger partial charge in [-0.05, 0) is 23.6 Å². The number of carbonyl (C=O) groups is 1. The van der Waals surface area contributed by atoms with E-state index in [1.807, 2.05) is 35.2 Å². The summed E-state index contributed by atoms with van der Waals surface area (Å²) in [6.07, 6.45) is 2.49. The Hall–Kier alpha value is -2.55. The van der Waals surface area contributed by atoms with Crippen LogP contribution >= 0.6 is 0 Å². The highest BCUT2D eigenvalue weighted by atomic mass is 16.3. The Bertz CT molecular complexity index is 819. The van der Waals surface area contributed by atoms with Crippen LogP contribution in [0.4, 0.5) is 0 Å². The molecule has 104 valence electrons. The van der Waals surface area contributed by atoms with E-state index >= 15 is 0 Å². The normalized spacial score (nSPS) is 14.2. The van der Waals surface area contributed by atoms with Gasteiger partial charge in [-0.25, -0.2) is 0 Å². The molecular weight excluding hydrogens is 262 g/mol. The lowest BCUT2D eigenvalue weighted by atomic mass is 9.99. The van der Waals surface area contributed by atoms with E-state index in [0.717, 1.165) is 23.9 Å². The molecule has 1 aliphatic rings. The van der Waals surface area contributed by atoms with Crippen molar-refractivity contribution in [3.8, 4) is 0 Å². The molecule has 0 saturated carbocycles. The van der Waals surface area contributed by atoms with Crippen LogP contribution in [-0.2, 0) is 13.0 Å². The SMILES string of the molecule is O=C(c1coc2ccccc12)N1CCc2ccccc2C1. The molecule has 0 bridgehead atoms. The van der Waals surface area contributed by atoms with E-state index in [1.54, 1.807) is 6.26 Å². The van der Waals surface area contributed by atoms with Gasteiger partial charge in [0.15, 0.2) is 0 Å². The molecule has 3 nitrogen and oxygen atoms in total. The summed E-state index contributed by atoms with van der Waals surface area (Å²) in [6.45, 7) is 1.43. The molecule has 0 unspecified atom stereocenters. The number of hydrogen-bond donors (Lipinski definition) is 0. The fraction of sp³-hybridized carbons (Fsp3) is 0.167. The molecule has 0 saturated heterocycles. The highest BCUT2D eigenvalue weighted by Crippen LogP contribution is 2.25. The number of fused-ring (bicyclic) bond motifs is 2. The predicted molar refractivity (Wildman–Crippen MR) is 81.1 cm³/mol. The highest BCUT2D eigenvalue weighted by Gasteiger charge is 2.24. The van der Waals surface area contributed by atoms with E-state index < -0.39 is 0 Å². The molecule has 3 heteroatoms. The minimum Gasteiger partial charge on any atom is -0.463 e. The van der Waals surface area contributed by atoms with Crippen LogP contribution in [-0.4, -0.2) is 17.4 Å². The third-order valence-corrected chi connectivity index (χ3v) is 4.13. The van der Waals surface area contributed by atoms with Crippen LogP contribution in [0.1, 0.15) is 21.5 Å². The summed E-state index contributed by atoms with van der Waals surface area (Å²) in [4.78, 5) is 14.7. The molecule has 3 aromatic rings. The second-order valence-corrected chi connectivity index (χ2v) is 5.39. The topological polar surface area (TPSA) is 33.5 Å². The minimum absolute atomic E-state index is 0.0504. The van der Waals surface area contributed by atoms with E-state index in [9.17, 15) is 4.79 Å². The maximum absolute atomic E-state index is 12.8. The zero-order valence-electron chi connectivity index (χ0n) is 11.6. The molecule has 0 fully saturated rings. The molecular formula is C18H15NO2. The van der Waals surface area contributed by atoms with E-state index in [0.29, 0.717) is 12.1 Å². The second-order valence-electron chi connectivity index (χ2n) is 5.39. The first kappa shape index (κ1) is 12.2. The number of nitrogens with zero attached hydrogens (tertiary/aromatic N) is 1. The number of para-hydroxylation sites is 1. The first-order valence-corrected chi connectivity index (χ1v) is 7.15. The number of furan rings is 1. The standard InChI is InChI=1S/C18H15NO2/c20-18(16-12-21-17-8-4-3-7-15(16)17)19-10-9-13-5-1-2-6-14(13)11-19/h1-8,12H,9-11H2. The summed E-state index contributed by atoms with van der Waals surface area (Å²) >= 11 is 0. The van der Waals surface area contributed by atoms with Gasteiger partial charge in [0.2, 0.25) is 0 Å². The molecule has 0 aliphatic carbocycles. The average Bonchev–Trinajstić information content (AvgIpc) is 2.98. The molecule has 1 aliphatic heterocycles. The monoisotopic (exact) mass is 277 g/mol. The highest BCUT2D eigenvalue weighted by molar-refractivity contribution is 6.05. The molecule has 0 radical (unpaired) electrons. The lowest BCUT2D eigenvalue weighted by Gasteiger charge is -2.28. The lowest BCUT2D eigenvalue weighted by Crippen LogP contribution is -2.35. The van der Waals surface area contributed by atoms with Gasteiger partial charge in [-0.3, -0.25) is 4.79 Å². The Morgan fingerprint density at radius 2 is 1.76 bits per heavy atom. The number of benzene rings is 2. The van der Waals surface area contributed by atoms with Crippen molar-refractivity contribution in [3.63, 3.8) is 0 Å². The number of amides is 1. The van der Waals surface area contributed by atoms with E-state index in [4.69, 9.17) is 4.42 Å². The minimum atomic E-state index is 0.0504. The zero-order chi connectivity index (χ0) is 14.2. The van der Waals surface area contributed by atoms with Gasteiger partial charge in [0.1, 0.15) is 11.8 Å². The average molecular weight is 277 g/mol. The van der Waals surface area contributed by atoms with Crippen LogP contribution in [0.15, 0.2) is 59.2 Å². The molecule has 1 amide bonds. The van der Waals surface area contributed by atoms with Gasteiger partial charge in [0, 0.05) is 18.5 Å². The van der Waals surface area contributed by atoms with Crippen LogP contribution in [0, 0.1) is 0 Å². The lowest BCUT2D eigenvalue weighted by molar-refractivity contribution is 0.0735. The predicted octanol–water partition coefficient (Wildman–Crippen LogP) is 3.63. The van der Waals surface area contributed by atoms with Gasteiger partial charge >= 0.3 is 0 Å². The van der Waals surface area contributed by atoms with Gasteiger partial charge in [-0.1, -0.05) is 42.5 Å². The van der Waals surface area contributed by atoms with Crippen molar-refractivity contribution in [2.45, 2.75) is 13.0 Å². The van der Waals surface area contributed by atoms with Crippen molar-refractivity contribution in [1.82, 2.24) is 4.90 Å². The van der Waals surface area contributed by atoms with Crippen molar-refractivity contribution >= 4 is 16.9 Å². The Kier molecular flexibility index (Phi) is 2.78. The molecule has 0 N–H and O–H groups in total. The number of carbonyl (C=O) groups excluding carboxylic acids is 1. The summed E-state index contributed by atoms with van der Waals surface area (Å²) in [7, 11) is 0. The Morgan fingerprint density at radius 1 is 1.00 bits per heavy atom. The summed E-state index contributed by atoms with van der Waals surface area (Å²) in [5.74, 6) is 0.0504. The fourth-order valence-corrected chi connectivity index (χ4v) is 2.98. The van der Waals surface area contributed by atoms with Crippen molar-refractivity contribution < 1.29 is 9.21 Å². The van der Waals surface area contributed by atoms with Gasteiger partial charge in [-0.15, -0.1) is 0 Å². The van der Waals surface area contributed by atoms with Crippen molar-refractivity contribution in [3.05, 3.63) is 71.5 Å². The smallest absolute Gasteiger partial charge is 0.258 e. The van der Waals surface area contributed by atoms with E-state index in [2.05, 4.69) is 18.2 Å².